The third kappa shape index (κ3) is 5.64. The first-order chi connectivity index (χ1) is 14.7. The smallest absolute Gasteiger partial charge is 0.416 e. The van der Waals surface area contributed by atoms with Gasteiger partial charge in [-0.3, -0.25) is 4.79 Å². The maximum Gasteiger partial charge on any atom is 0.416 e. The molecule has 1 aromatic heterocycles. The number of hydrogen-bond donors (Lipinski definition) is 1. The highest BCUT2D eigenvalue weighted by molar-refractivity contribution is 6.04. The molecule has 3 aromatic rings. The van der Waals surface area contributed by atoms with Gasteiger partial charge in [0.1, 0.15) is 0 Å². The molecule has 1 amide bonds. The van der Waals surface area contributed by atoms with E-state index >= 15 is 0 Å². The van der Waals surface area contributed by atoms with Crippen LogP contribution in [0.3, 0.4) is 0 Å². The summed E-state index contributed by atoms with van der Waals surface area (Å²) in [7, 11) is 5.37. The van der Waals surface area contributed by atoms with Crippen molar-refractivity contribution in [3.05, 3.63) is 71.5 Å². The van der Waals surface area contributed by atoms with Crippen LogP contribution >= 0.6 is 0 Å². The molecule has 0 unspecified atom stereocenters. The van der Waals surface area contributed by atoms with Gasteiger partial charge in [-0.05, 0) is 56.4 Å². The van der Waals surface area contributed by atoms with Crippen LogP contribution in [0.1, 0.15) is 21.6 Å². The molecule has 0 bridgehead atoms. The van der Waals surface area contributed by atoms with Gasteiger partial charge in [0, 0.05) is 12.2 Å². The van der Waals surface area contributed by atoms with E-state index in [-0.39, 0.29) is 17.1 Å². The summed E-state index contributed by atoms with van der Waals surface area (Å²) in [6.45, 7) is 0.913. The number of likely N-dealkylation sites (N-methyl/N-ethyl adjacent to an activating group) is 1. The van der Waals surface area contributed by atoms with E-state index in [2.05, 4.69) is 15.3 Å². The second kappa shape index (κ2) is 9.22. The lowest BCUT2D eigenvalue weighted by Crippen LogP contribution is -2.15. The molecule has 1 heterocycles. The predicted octanol–water partition coefficient (Wildman–Crippen LogP) is 4.26. The average Bonchev–Trinajstić information content (AvgIpc) is 3.17. The van der Waals surface area contributed by atoms with Crippen molar-refractivity contribution in [3.63, 3.8) is 0 Å². The Morgan fingerprint density at radius 1 is 1.16 bits per heavy atom. The second-order valence-corrected chi connectivity index (χ2v) is 7.24. The third-order valence-electron chi connectivity index (χ3n) is 4.61. The van der Waals surface area contributed by atoms with Gasteiger partial charge >= 0.3 is 6.18 Å². The number of amides is 1. The van der Waals surface area contributed by atoms with E-state index in [1.807, 2.05) is 26.2 Å². The lowest BCUT2D eigenvalue weighted by atomic mass is 10.1. The number of benzene rings is 2. The zero-order valence-corrected chi connectivity index (χ0v) is 17.4. The van der Waals surface area contributed by atoms with Gasteiger partial charge in [0.05, 0.1) is 24.6 Å². The minimum Gasteiger partial charge on any atom is -0.493 e. The molecule has 3 rings (SSSR count). The second-order valence-electron chi connectivity index (χ2n) is 7.24. The van der Waals surface area contributed by atoms with Gasteiger partial charge in [-0.25, -0.2) is 4.68 Å². The number of nitrogens with zero attached hydrogens (tertiary/aromatic N) is 3. The van der Waals surface area contributed by atoms with E-state index in [1.165, 1.54) is 30.1 Å². The molecule has 164 valence electrons. The van der Waals surface area contributed by atoms with Crippen molar-refractivity contribution in [2.75, 3.05) is 33.1 Å². The van der Waals surface area contributed by atoms with E-state index in [9.17, 15) is 18.0 Å². The summed E-state index contributed by atoms with van der Waals surface area (Å²) in [4.78, 5) is 14.8. The van der Waals surface area contributed by atoms with E-state index in [4.69, 9.17) is 4.74 Å². The van der Waals surface area contributed by atoms with Crippen molar-refractivity contribution in [3.8, 4) is 11.4 Å². The van der Waals surface area contributed by atoms with Crippen molar-refractivity contribution >= 4 is 11.6 Å². The first kappa shape index (κ1) is 22.4. The molecule has 0 spiro atoms. The van der Waals surface area contributed by atoms with Crippen LogP contribution in [0.4, 0.5) is 18.9 Å². The van der Waals surface area contributed by atoms with Gasteiger partial charge in [-0.15, -0.1) is 0 Å². The highest BCUT2D eigenvalue weighted by atomic mass is 19.4. The van der Waals surface area contributed by atoms with Crippen molar-refractivity contribution in [1.82, 2.24) is 14.7 Å². The molecule has 9 heteroatoms. The number of rotatable bonds is 7. The zero-order chi connectivity index (χ0) is 22.6. The highest BCUT2D eigenvalue weighted by Gasteiger charge is 2.30. The minimum atomic E-state index is -4.48. The topological polar surface area (TPSA) is 59.4 Å². The molecule has 2 aromatic carbocycles. The zero-order valence-electron chi connectivity index (χ0n) is 17.4. The van der Waals surface area contributed by atoms with Gasteiger partial charge in [0.15, 0.2) is 11.4 Å². The van der Waals surface area contributed by atoms with Gasteiger partial charge < -0.3 is 15.0 Å². The average molecular weight is 432 g/mol. The number of methoxy groups -OCH3 is 1. The van der Waals surface area contributed by atoms with Crippen LogP contribution in [0.15, 0.2) is 54.7 Å². The number of carbonyl (C=O) groups is 1. The molecule has 0 fully saturated rings. The molecule has 0 aliphatic rings. The summed E-state index contributed by atoms with van der Waals surface area (Å²) in [6.07, 6.45) is -2.22. The Hall–Kier alpha value is -3.33. The monoisotopic (exact) mass is 432 g/mol. The van der Waals surface area contributed by atoms with Crippen molar-refractivity contribution in [2.24, 2.45) is 0 Å². The number of halogens is 3. The summed E-state index contributed by atoms with van der Waals surface area (Å²) in [5.74, 6) is -0.374. The maximum atomic E-state index is 13.0. The van der Waals surface area contributed by atoms with Crippen molar-refractivity contribution in [1.29, 1.82) is 0 Å². The number of alkyl halides is 3. The number of nitrogens with one attached hydrogen (secondary N) is 1. The largest absolute Gasteiger partial charge is 0.493 e. The molecule has 6 nitrogen and oxygen atoms in total. The molecule has 1 N–H and O–H groups in total. The summed E-state index contributed by atoms with van der Waals surface area (Å²) in [5, 5.41) is 6.88. The summed E-state index contributed by atoms with van der Waals surface area (Å²) in [5.41, 5.74) is 1.04. The van der Waals surface area contributed by atoms with Crippen LogP contribution in [0.2, 0.25) is 0 Å². The van der Waals surface area contributed by atoms with Crippen LogP contribution in [0, 0.1) is 0 Å². The highest BCUT2D eigenvalue weighted by Crippen LogP contribution is 2.31. The molecule has 0 aliphatic carbocycles. The number of carbonyl (C=O) groups excluding carboxylic acids is 1. The Morgan fingerprint density at radius 2 is 1.87 bits per heavy atom. The van der Waals surface area contributed by atoms with E-state index in [0.29, 0.717) is 5.69 Å². The molecular weight excluding hydrogens is 409 g/mol. The molecule has 0 aliphatic heterocycles. The van der Waals surface area contributed by atoms with Crippen molar-refractivity contribution < 1.29 is 22.7 Å². The number of hydrogen-bond acceptors (Lipinski definition) is 4. The normalized spacial score (nSPS) is 11.6. The van der Waals surface area contributed by atoms with Crippen LogP contribution in [0.5, 0.6) is 5.75 Å². The van der Waals surface area contributed by atoms with Gasteiger partial charge in [-0.1, -0.05) is 18.2 Å². The maximum absolute atomic E-state index is 13.0. The van der Waals surface area contributed by atoms with Crippen LogP contribution in [0.25, 0.3) is 5.69 Å². The Balaban J connectivity index is 1.79. The minimum absolute atomic E-state index is 0.0309. The van der Waals surface area contributed by atoms with E-state index in [0.717, 1.165) is 30.7 Å². The third-order valence-corrected chi connectivity index (χ3v) is 4.61. The fourth-order valence-corrected chi connectivity index (χ4v) is 2.92. The quantitative estimate of drug-likeness (QED) is 0.606. The molecule has 0 saturated carbocycles. The number of ether oxygens (including phenoxy) is 1. The van der Waals surface area contributed by atoms with Crippen molar-refractivity contribution in [2.45, 2.75) is 12.6 Å². The summed E-state index contributed by atoms with van der Waals surface area (Å²) < 4.78 is 45.4. The fourth-order valence-electron chi connectivity index (χ4n) is 2.92. The Labute approximate surface area is 178 Å². The Morgan fingerprint density at radius 3 is 2.48 bits per heavy atom. The summed E-state index contributed by atoms with van der Waals surface area (Å²) in [6, 6.07) is 12.1. The standard InChI is InChI=1S/C22H23F3N4O2/c1-28(2)12-11-15-7-9-17(10-8-15)26-21(30)20-19(31-3)14-29(27-20)18-6-4-5-16(13-18)22(23,24)25/h4-10,13-14H,11-12H2,1-3H3,(H,26,30). The van der Waals surface area contributed by atoms with Gasteiger partial charge in [0.2, 0.25) is 0 Å². The van der Waals surface area contributed by atoms with Crippen LogP contribution < -0.4 is 10.1 Å². The fraction of sp³-hybridized carbons (Fsp3) is 0.273. The molecule has 0 saturated heterocycles. The Bertz CT molecular complexity index is 1040. The molecular formula is C22H23F3N4O2. The van der Waals surface area contributed by atoms with Crippen LogP contribution in [-0.4, -0.2) is 48.3 Å². The lowest BCUT2D eigenvalue weighted by Gasteiger charge is -2.10. The first-order valence-corrected chi connectivity index (χ1v) is 9.53. The molecule has 0 atom stereocenters. The number of anilines is 1. The first-order valence-electron chi connectivity index (χ1n) is 9.53. The number of aromatic nitrogens is 2. The van der Waals surface area contributed by atoms with E-state index < -0.39 is 17.6 Å². The lowest BCUT2D eigenvalue weighted by molar-refractivity contribution is -0.137. The predicted molar refractivity (Wildman–Crippen MR) is 112 cm³/mol. The van der Waals surface area contributed by atoms with E-state index in [1.54, 1.807) is 12.1 Å². The van der Waals surface area contributed by atoms with Gasteiger partial charge in [-0.2, -0.15) is 18.3 Å². The Kier molecular flexibility index (Phi) is 6.65. The van der Waals surface area contributed by atoms with Gasteiger partial charge in [0.25, 0.3) is 5.91 Å². The summed E-state index contributed by atoms with van der Waals surface area (Å²) >= 11 is 0. The SMILES string of the molecule is COc1cn(-c2cccc(C(F)(F)F)c2)nc1C(=O)Nc1ccc(CCN(C)C)cc1. The molecule has 31 heavy (non-hydrogen) atoms. The van der Waals surface area contributed by atoms with Crippen LogP contribution in [-0.2, 0) is 12.6 Å². The molecule has 0 radical (unpaired) electrons.